The van der Waals surface area contributed by atoms with Crippen molar-refractivity contribution in [3.05, 3.63) is 82.1 Å². The van der Waals surface area contributed by atoms with E-state index >= 15 is 4.39 Å². The molecular weight excluding hydrogens is 419 g/mol. The van der Waals surface area contributed by atoms with E-state index in [0.717, 1.165) is 5.56 Å². The molecule has 0 aromatic heterocycles. The number of amides is 1. The van der Waals surface area contributed by atoms with E-state index in [-0.39, 0.29) is 16.9 Å². The lowest BCUT2D eigenvalue weighted by Crippen LogP contribution is -2.41. The van der Waals surface area contributed by atoms with Gasteiger partial charge in [0, 0.05) is 34.7 Å². The first kappa shape index (κ1) is 21.2. The molecule has 0 fully saturated rings. The van der Waals surface area contributed by atoms with Gasteiger partial charge in [0.1, 0.15) is 5.75 Å². The molecule has 0 unspecified atom stereocenters. The molecule has 4 rings (SSSR count). The zero-order valence-electron chi connectivity index (χ0n) is 17.2. The summed E-state index contributed by atoms with van der Waals surface area (Å²) in [5, 5.41) is 3.49. The van der Waals surface area contributed by atoms with Gasteiger partial charge in [0.2, 0.25) is 5.91 Å². The molecule has 1 aliphatic heterocycles. The first-order valence-electron chi connectivity index (χ1n) is 9.79. The second kappa shape index (κ2) is 8.21. The number of rotatable bonds is 6. The monoisotopic (exact) mass is 440 g/mol. The molecule has 7 heteroatoms. The van der Waals surface area contributed by atoms with E-state index in [1.165, 1.54) is 19.2 Å². The highest BCUT2D eigenvalue weighted by Crippen LogP contribution is 2.49. The summed E-state index contributed by atoms with van der Waals surface area (Å²) in [6.45, 7) is 0.520. The summed E-state index contributed by atoms with van der Waals surface area (Å²) in [4.78, 5) is 12.1. The van der Waals surface area contributed by atoms with Crippen LogP contribution in [-0.4, -0.2) is 26.6 Å². The standard InChI is InChI=1S/C24H22ClFN2O3/c1-28-13-24(14-6-4-3-5-7-14)12-16-18(31-24)11-9-17(25)20(16)21-15(23(27)29)8-10-19(30-2)22(21)26/h3-11,28H,12-13H2,1-2H3,(H2,27,29)/t24-/m1/s1. The van der Waals surface area contributed by atoms with E-state index in [2.05, 4.69) is 5.32 Å². The molecule has 1 amide bonds. The van der Waals surface area contributed by atoms with Crippen molar-refractivity contribution in [3.63, 3.8) is 0 Å². The highest BCUT2D eigenvalue weighted by Gasteiger charge is 2.43. The Labute approximate surface area is 184 Å². The fraction of sp³-hybridized carbons (Fsp3) is 0.208. The van der Waals surface area contributed by atoms with Gasteiger partial charge in [0.15, 0.2) is 17.2 Å². The number of nitrogens with two attached hydrogens (primary N) is 1. The van der Waals surface area contributed by atoms with E-state index in [9.17, 15) is 4.79 Å². The van der Waals surface area contributed by atoms with Gasteiger partial charge < -0.3 is 20.5 Å². The van der Waals surface area contributed by atoms with Crippen LogP contribution in [0.2, 0.25) is 5.02 Å². The molecule has 0 saturated carbocycles. The van der Waals surface area contributed by atoms with Gasteiger partial charge in [-0.1, -0.05) is 41.9 Å². The normalized spacial score (nSPS) is 17.2. The van der Waals surface area contributed by atoms with Crippen LogP contribution >= 0.6 is 11.6 Å². The van der Waals surface area contributed by atoms with Crippen molar-refractivity contribution in [2.24, 2.45) is 5.73 Å². The van der Waals surface area contributed by atoms with Crippen LogP contribution in [0.5, 0.6) is 11.5 Å². The molecule has 0 aliphatic carbocycles. The Morgan fingerprint density at radius 1 is 1.19 bits per heavy atom. The number of ether oxygens (including phenoxy) is 2. The molecule has 1 heterocycles. The molecule has 1 atom stereocenters. The number of methoxy groups -OCH3 is 1. The van der Waals surface area contributed by atoms with Gasteiger partial charge >= 0.3 is 0 Å². The van der Waals surface area contributed by atoms with E-state index in [1.807, 2.05) is 37.4 Å². The van der Waals surface area contributed by atoms with E-state index in [0.29, 0.717) is 34.9 Å². The summed E-state index contributed by atoms with van der Waals surface area (Å²) in [7, 11) is 3.21. The highest BCUT2D eigenvalue weighted by atomic mass is 35.5. The van der Waals surface area contributed by atoms with Crippen molar-refractivity contribution in [2.45, 2.75) is 12.0 Å². The molecule has 3 N–H and O–H groups in total. The number of halogens is 2. The van der Waals surface area contributed by atoms with Crippen LogP contribution in [0.15, 0.2) is 54.6 Å². The Bertz CT molecular complexity index is 1150. The fourth-order valence-electron chi connectivity index (χ4n) is 4.23. The number of hydrogen-bond acceptors (Lipinski definition) is 4. The number of primary amides is 1. The summed E-state index contributed by atoms with van der Waals surface area (Å²) < 4.78 is 27.0. The van der Waals surface area contributed by atoms with Crippen LogP contribution in [0.1, 0.15) is 21.5 Å². The van der Waals surface area contributed by atoms with Crippen molar-refractivity contribution in [1.82, 2.24) is 5.32 Å². The summed E-state index contributed by atoms with van der Waals surface area (Å²) in [5.74, 6) is -0.873. The minimum absolute atomic E-state index is 0.00266. The molecule has 31 heavy (non-hydrogen) atoms. The second-order valence-corrected chi connectivity index (χ2v) is 7.84. The lowest BCUT2D eigenvalue weighted by Gasteiger charge is -2.29. The predicted molar refractivity (Wildman–Crippen MR) is 118 cm³/mol. The number of likely N-dealkylation sites (N-methyl/N-ethyl adjacent to an activating group) is 1. The Morgan fingerprint density at radius 2 is 1.94 bits per heavy atom. The molecule has 1 aliphatic rings. The number of carbonyl (C=O) groups excluding carboxylic acids is 1. The first-order chi connectivity index (χ1) is 14.9. The predicted octanol–water partition coefficient (Wildman–Crippen LogP) is 4.30. The molecule has 3 aromatic rings. The molecule has 160 valence electrons. The molecule has 0 spiro atoms. The largest absolute Gasteiger partial charge is 0.494 e. The van der Waals surface area contributed by atoms with Gasteiger partial charge in [-0.2, -0.15) is 0 Å². The molecule has 0 bridgehead atoms. The SMILES string of the molecule is CNC[C@@]1(c2ccccc2)Cc2c(ccc(Cl)c2-c2c(C(N)=O)ccc(OC)c2F)O1. The van der Waals surface area contributed by atoms with Gasteiger partial charge in [0.25, 0.3) is 0 Å². The maximum absolute atomic E-state index is 15.4. The molecular formula is C24H22ClFN2O3. The first-order valence-corrected chi connectivity index (χ1v) is 10.2. The maximum Gasteiger partial charge on any atom is 0.249 e. The third kappa shape index (κ3) is 3.52. The zero-order valence-corrected chi connectivity index (χ0v) is 17.9. The second-order valence-electron chi connectivity index (χ2n) is 7.44. The summed E-state index contributed by atoms with van der Waals surface area (Å²) in [6, 6.07) is 16.0. The Hall–Kier alpha value is -3.09. The van der Waals surface area contributed by atoms with Gasteiger partial charge in [-0.3, -0.25) is 4.79 Å². The van der Waals surface area contributed by atoms with Crippen molar-refractivity contribution in [2.75, 3.05) is 20.7 Å². The summed E-state index contributed by atoms with van der Waals surface area (Å²) in [5.41, 5.74) is 6.98. The van der Waals surface area contributed by atoms with E-state index in [4.69, 9.17) is 26.8 Å². The van der Waals surface area contributed by atoms with Crippen molar-refractivity contribution >= 4 is 17.5 Å². The Morgan fingerprint density at radius 3 is 2.58 bits per heavy atom. The average molecular weight is 441 g/mol. The number of fused-ring (bicyclic) bond motifs is 1. The highest BCUT2D eigenvalue weighted by molar-refractivity contribution is 6.34. The smallest absolute Gasteiger partial charge is 0.249 e. The van der Waals surface area contributed by atoms with Crippen molar-refractivity contribution < 1.29 is 18.7 Å². The number of carbonyl (C=O) groups is 1. The number of benzene rings is 3. The molecule has 0 saturated heterocycles. The van der Waals surface area contributed by atoms with Crippen LogP contribution < -0.4 is 20.5 Å². The Balaban J connectivity index is 1.96. The molecule has 3 aromatic carbocycles. The zero-order chi connectivity index (χ0) is 22.2. The van der Waals surface area contributed by atoms with Crippen LogP contribution in [0.25, 0.3) is 11.1 Å². The summed E-state index contributed by atoms with van der Waals surface area (Å²) >= 11 is 6.57. The molecule has 0 radical (unpaired) electrons. The average Bonchev–Trinajstić information content (AvgIpc) is 3.14. The lowest BCUT2D eigenvalue weighted by molar-refractivity contribution is 0.0943. The van der Waals surface area contributed by atoms with Gasteiger partial charge in [-0.15, -0.1) is 0 Å². The van der Waals surface area contributed by atoms with E-state index < -0.39 is 17.3 Å². The van der Waals surface area contributed by atoms with Crippen molar-refractivity contribution in [1.29, 1.82) is 0 Å². The Kier molecular flexibility index (Phi) is 5.60. The quantitative estimate of drug-likeness (QED) is 0.599. The third-order valence-corrected chi connectivity index (χ3v) is 5.91. The summed E-state index contributed by atoms with van der Waals surface area (Å²) in [6.07, 6.45) is 0.429. The minimum Gasteiger partial charge on any atom is -0.494 e. The topological polar surface area (TPSA) is 73.6 Å². The third-order valence-electron chi connectivity index (χ3n) is 5.59. The fourth-order valence-corrected chi connectivity index (χ4v) is 4.50. The van der Waals surface area contributed by atoms with Crippen LogP contribution in [0.4, 0.5) is 4.39 Å². The van der Waals surface area contributed by atoms with Crippen LogP contribution in [-0.2, 0) is 12.0 Å². The minimum atomic E-state index is -0.756. The van der Waals surface area contributed by atoms with Gasteiger partial charge in [-0.25, -0.2) is 4.39 Å². The number of hydrogen-bond donors (Lipinski definition) is 2. The lowest BCUT2D eigenvalue weighted by atomic mass is 9.85. The molecule has 5 nitrogen and oxygen atoms in total. The van der Waals surface area contributed by atoms with Gasteiger partial charge in [0.05, 0.1) is 12.7 Å². The van der Waals surface area contributed by atoms with Crippen molar-refractivity contribution in [3.8, 4) is 22.6 Å². The van der Waals surface area contributed by atoms with Crippen LogP contribution in [0, 0.1) is 5.82 Å². The van der Waals surface area contributed by atoms with Crippen LogP contribution in [0.3, 0.4) is 0 Å². The number of nitrogens with one attached hydrogen (secondary N) is 1. The maximum atomic E-state index is 15.4. The van der Waals surface area contributed by atoms with Gasteiger partial charge in [-0.05, 0) is 36.9 Å². The van der Waals surface area contributed by atoms with E-state index in [1.54, 1.807) is 12.1 Å².